The van der Waals surface area contributed by atoms with Gasteiger partial charge in [-0.1, -0.05) is 18.7 Å². The highest BCUT2D eigenvalue weighted by Crippen LogP contribution is 2.18. The van der Waals surface area contributed by atoms with Crippen molar-refractivity contribution >= 4 is 23.3 Å². The first-order valence-corrected chi connectivity index (χ1v) is 6.37. The number of aliphatic hydroxyl groups is 1. The van der Waals surface area contributed by atoms with Gasteiger partial charge in [-0.25, -0.2) is 4.98 Å². The minimum Gasteiger partial charge on any atom is -0.391 e. The zero-order valence-electron chi connectivity index (χ0n) is 8.14. The highest BCUT2D eigenvalue weighted by Gasteiger charge is 2.05. The Morgan fingerprint density at radius 3 is 3.21 bits per heavy atom. The van der Waals surface area contributed by atoms with Gasteiger partial charge in [0.25, 0.3) is 0 Å². The average Bonchev–Trinajstić information content (AvgIpc) is 2.68. The van der Waals surface area contributed by atoms with E-state index in [1.54, 1.807) is 11.8 Å². The Balaban J connectivity index is 2.06. The number of aliphatic hydroxyl groups excluding tert-OH is 1. The Morgan fingerprint density at radius 1 is 1.71 bits per heavy atom. The lowest BCUT2D eigenvalue weighted by molar-refractivity contribution is 0.196. The molecule has 0 aliphatic rings. The molecule has 4 nitrogen and oxygen atoms in total. The molecule has 1 heterocycles. The maximum absolute atomic E-state index is 9.55. The Kier molecular flexibility index (Phi) is 6.09. The average molecular weight is 233 g/mol. The van der Waals surface area contributed by atoms with Gasteiger partial charge in [-0.05, 0) is 24.5 Å². The van der Waals surface area contributed by atoms with Crippen LogP contribution >= 0.6 is 23.3 Å². The fourth-order valence-electron chi connectivity index (χ4n) is 0.898. The Morgan fingerprint density at radius 2 is 2.57 bits per heavy atom. The van der Waals surface area contributed by atoms with E-state index in [1.807, 2.05) is 0 Å². The van der Waals surface area contributed by atoms with Crippen LogP contribution in [0.1, 0.15) is 13.3 Å². The van der Waals surface area contributed by atoms with Gasteiger partial charge in [-0.2, -0.15) is 4.37 Å². The van der Waals surface area contributed by atoms with Gasteiger partial charge in [0.05, 0.1) is 6.10 Å². The fraction of sp³-hybridized carbons (Fsp3) is 0.750. The van der Waals surface area contributed by atoms with E-state index in [1.165, 1.54) is 17.9 Å². The van der Waals surface area contributed by atoms with Crippen LogP contribution < -0.4 is 5.32 Å². The van der Waals surface area contributed by atoms with Crippen molar-refractivity contribution in [1.82, 2.24) is 14.7 Å². The topological polar surface area (TPSA) is 58.0 Å². The molecule has 0 saturated carbocycles. The molecule has 80 valence electrons. The molecular weight excluding hydrogens is 218 g/mol. The second-order valence-electron chi connectivity index (χ2n) is 2.88. The molecule has 0 radical (unpaired) electrons. The second-order valence-corrected chi connectivity index (χ2v) is 4.92. The molecule has 1 atom stereocenters. The highest BCUT2D eigenvalue weighted by atomic mass is 32.2. The van der Waals surface area contributed by atoms with Gasteiger partial charge in [0.15, 0.2) is 4.34 Å². The summed E-state index contributed by atoms with van der Waals surface area (Å²) in [5.74, 6) is 0.673. The van der Waals surface area contributed by atoms with E-state index in [4.69, 9.17) is 0 Å². The lowest BCUT2D eigenvalue weighted by atomic mass is 10.4. The third-order valence-electron chi connectivity index (χ3n) is 1.55. The molecule has 0 aromatic carbocycles. The molecule has 0 fully saturated rings. The van der Waals surface area contributed by atoms with Crippen LogP contribution in [0.4, 0.5) is 0 Å². The van der Waals surface area contributed by atoms with Crippen molar-refractivity contribution in [2.75, 3.05) is 18.8 Å². The normalized spacial score (nSPS) is 13.0. The minimum absolute atomic E-state index is 0.310. The first-order chi connectivity index (χ1) is 6.83. The van der Waals surface area contributed by atoms with E-state index in [0.29, 0.717) is 12.3 Å². The van der Waals surface area contributed by atoms with E-state index in [0.717, 1.165) is 17.3 Å². The third-order valence-corrected chi connectivity index (χ3v) is 3.49. The summed E-state index contributed by atoms with van der Waals surface area (Å²) in [7, 11) is 0. The Bertz CT molecular complexity index is 231. The number of aromatic nitrogens is 2. The van der Waals surface area contributed by atoms with Crippen LogP contribution in [0.3, 0.4) is 0 Å². The van der Waals surface area contributed by atoms with Gasteiger partial charge in [0.2, 0.25) is 0 Å². The van der Waals surface area contributed by atoms with Gasteiger partial charge in [-0.15, -0.1) is 0 Å². The van der Waals surface area contributed by atoms with Crippen LogP contribution in [-0.2, 0) is 0 Å². The number of hydrogen-bond donors (Lipinski definition) is 2. The number of thioether (sulfide) groups is 1. The predicted octanol–water partition coefficient (Wildman–Crippen LogP) is 0.991. The van der Waals surface area contributed by atoms with Crippen molar-refractivity contribution in [2.45, 2.75) is 23.8 Å². The fourth-order valence-corrected chi connectivity index (χ4v) is 2.30. The number of nitrogens with one attached hydrogen (secondary N) is 1. The molecule has 0 aliphatic heterocycles. The first kappa shape index (κ1) is 11.9. The third kappa shape index (κ3) is 4.90. The van der Waals surface area contributed by atoms with Crippen molar-refractivity contribution < 1.29 is 5.11 Å². The van der Waals surface area contributed by atoms with Crippen LogP contribution in [0, 0.1) is 0 Å². The summed E-state index contributed by atoms with van der Waals surface area (Å²) < 4.78 is 4.80. The van der Waals surface area contributed by atoms with Crippen molar-refractivity contribution in [2.24, 2.45) is 0 Å². The lowest BCUT2D eigenvalue weighted by Crippen LogP contribution is -2.28. The molecule has 14 heavy (non-hydrogen) atoms. The molecule has 0 amide bonds. The van der Waals surface area contributed by atoms with Gasteiger partial charge < -0.3 is 10.4 Å². The van der Waals surface area contributed by atoms with E-state index in [9.17, 15) is 5.11 Å². The van der Waals surface area contributed by atoms with Crippen LogP contribution in [0.5, 0.6) is 0 Å². The minimum atomic E-state index is -0.310. The summed E-state index contributed by atoms with van der Waals surface area (Å²) in [5, 5.41) is 12.7. The highest BCUT2D eigenvalue weighted by molar-refractivity contribution is 8.00. The quantitative estimate of drug-likeness (QED) is 0.543. The van der Waals surface area contributed by atoms with Crippen LogP contribution in [0.2, 0.25) is 0 Å². The van der Waals surface area contributed by atoms with Crippen molar-refractivity contribution in [3.8, 4) is 0 Å². The van der Waals surface area contributed by atoms with Gasteiger partial charge in [0, 0.05) is 12.3 Å². The summed E-state index contributed by atoms with van der Waals surface area (Å²) in [6, 6.07) is 0. The number of rotatable bonds is 7. The molecule has 0 spiro atoms. The molecule has 2 N–H and O–H groups in total. The SMILES string of the molecule is CCCNCC(O)CSc1ncns1. The maximum atomic E-state index is 9.55. The van der Waals surface area contributed by atoms with E-state index >= 15 is 0 Å². The van der Waals surface area contributed by atoms with E-state index < -0.39 is 0 Å². The monoisotopic (exact) mass is 233 g/mol. The first-order valence-electron chi connectivity index (χ1n) is 4.61. The standard InChI is InChI=1S/C8H15N3OS2/c1-2-3-9-4-7(12)5-13-8-10-6-11-14-8/h6-7,9,12H,2-5H2,1H3. The van der Waals surface area contributed by atoms with Crippen molar-refractivity contribution in [3.63, 3.8) is 0 Å². The van der Waals surface area contributed by atoms with Gasteiger partial charge in [0.1, 0.15) is 6.33 Å². The second kappa shape index (κ2) is 7.17. The van der Waals surface area contributed by atoms with Gasteiger partial charge >= 0.3 is 0 Å². The van der Waals surface area contributed by atoms with Crippen molar-refractivity contribution in [3.05, 3.63) is 6.33 Å². The summed E-state index contributed by atoms with van der Waals surface area (Å²) in [5.41, 5.74) is 0. The predicted molar refractivity (Wildman–Crippen MR) is 59.8 cm³/mol. The zero-order valence-corrected chi connectivity index (χ0v) is 9.77. The molecule has 1 rings (SSSR count). The summed E-state index contributed by atoms with van der Waals surface area (Å²) >= 11 is 2.91. The molecule has 1 aromatic rings. The van der Waals surface area contributed by atoms with Crippen LogP contribution in [0.15, 0.2) is 10.7 Å². The Labute approximate surface area is 92.3 Å². The molecular formula is C8H15N3OS2. The lowest BCUT2D eigenvalue weighted by Gasteiger charge is -2.09. The molecule has 1 unspecified atom stereocenters. The zero-order chi connectivity index (χ0) is 10.2. The van der Waals surface area contributed by atoms with Crippen LogP contribution in [0.25, 0.3) is 0 Å². The van der Waals surface area contributed by atoms with Crippen molar-refractivity contribution in [1.29, 1.82) is 0 Å². The number of nitrogens with zero attached hydrogens (tertiary/aromatic N) is 2. The van der Waals surface area contributed by atoms with Gasteiger partial charge in [-0.3, -0.25) is 0 Å². The summed E-state index contributed by atoms with van der Waals surface area (Å²) in [6.45, 7) is 3.72. The molecule has 6 heteroatoms. The summed E-state index contributed by atoms with van der Waals surface area (Å²) in [6.07, 6.45) is 2.32. The van der Waals surface area contributed by atoms with Crippen LogP contribution in [-0.4, -0.2) is 39.4 Å². The largest absolute Gasteiger partial charge is 0.391 e. The molecule has 0 aliphatic carbocycles. The molecule has 1 aromatic heterocycles. The van der Waals surface area contributed by atoms with E-state index in [-0.39, 0.29) is 6.10 Å². The maximum Gasteiger partial charge on any atom is 0.169 e. The smallest absolute Gasteiger partial charge is 0.169 e. The number of hydrogen-bond acceptors (Lipinski definition) is 6. The Hall–Kier alpha value is -0.170. The molecule has 0 bridgehead atoms. The molecule has 0 saturated heterocycles. The summed E-state index contributed by atoms with van der Waals surface area (Å²) in [4.78, 5) is 4.02. The van der Waals surface area contributed by atoms with E-state index in [2.05, 4.69) is 21.6 Å².